The normalized spacial score (nSPS) is 17.2. The predicted octanol–water partition coefficient (Wildman–Crippen LogP) is 1.75. The van der Waals surface area contributed by atoms with Crippen molar-refractivity contribution in [2.45, 2.75) is 51.8 Å². The first-order valence-electron chi connectivity index (χ1n) is 7.73. The average Bonchev–Trinajstić information content (AvgIpc) is 2.88. The molecule has 118 valence electrons. The van der Waals surface area contributed by atoms with Crippen LogP contribution < -0.4 is 0 Å². The fourth-order valence-electron chi connectivity index (χ4n) is 2.70. The van der Waals surface area contributed by atoms with E-state index < -0.39 is 5.97 Å². The number of hydrogen-bond acceptors (Lipinski definition) is 4. The number of piperidine rings is 1. The number of aliphatic carboxylic acids is 1. The molecule has 1 fully saturated rings. The highest BCUT2D eigenvalue weighted by molar-refractivity contribution is 5.66. The minimum atomic E-state index is -0.795. The van der Waals surface area contributed by atoms with Gasteiger partial charge in [-0.05, 0) is 19.3 Å². The molecule has 6 heteroatoms. The lowest BCUT2D eigenvalue weighted by Crippen LogP contribution is -2.37. The minimum absolute atomic E-state index is 0.0937. The van der Waals surface area contributed by atoms with E-state index in [1.165, 1.54) is 5.69 Å². The molecule has 0 spiro atoms. The third-order valence-electron chi connectivity index (χ3n) is 3.85. The van der Waals surface area contributed by atoms with E-state index in [0.29, 0.717) is 6.61 Å². The van der Waals surface area contributed by atoms with Gasteiger partial charge in [-0.3, -0.25) is 9.69 Å². The Balaban J connectivity index is 1.71. The molecule has 1 N–H and O–H groups in total. The summed E-state index contributed by atoms with van der Waals surface area (Å²) in [5.74, 6) is -0.795. The van der Waals surface area contributed by atoms with E-state index in [4.69, 9.17) is 9.84 Å². The number of carboxylic acid groups (broad SMARTS) is 1. The molecule has 0 amide bonds. The predicted molar refractivity (Wildman–Crippen MR) is 79.0 cm³/mol. The summed E-state index contributed by atoms with van der Waals surface area (Å²) in [4.78, 5) is 17.1. The number of likely N-dealkylation sites (tertiary alicyclic amines) is 1. The third kappa shape index (κ3) is 5.13. The van der Waals surface area contributed by atoms with Crippen molar-refractivity contribution >= 4 is 5.97 Å². The number of aryl methyl sites for hydroxylation is 1. The van der Waals surface area contributed by atoms with E-state index in [9.17, 15) is 4.79 Å². The fourth-order valence-corrected chi connectivity index (χ4v) is 2.70. The van der Waals surface area contributed by atoms with E-state index in [1.807, 2.05) is 12.5 Å². The van der Waals surface area contributed by atoms with Gasteiger partial charge in [0.1, 0.15) is 0 Å². The lowest BCUT2D eigenvalue weighted by Gasteiger charge is -2.31. The van der Waals surface area contributed by atoms with Gasteiger partial charge in [0.15, 0.2) is 0 Å². The van der Waals surface area contributed by atoms with Crippen LogP contribution in [-0.4, -0.2) is 51.3 Å². The van der Waals surface area contributed by atoms with Gasteiger partial charge in [-0.1, -0.05) is 6.92 Å². The second-order valence-electron chi connectivity index (χ2n) is 5.57. The van der Waals surface area contributed by atoms with Gasteiger partial charge in [0, 0.05) is 32.4 Å². The summed E-state index contributed by atoms with van der Waals surface area (Å²) in [6.45, 7) is 6.43. The Morgan fingerprint density at radius 2 is 2.24 bits per heavy atom. The van der Waals surface area contributed by atoms with Gasteiger partial charge in [-0.15, -0.1) is 0 Å². The molecule has 0 aliphatic carbocycles. The molecule has 2 rings (SSSR count). The first-order chi connectivity index (χ1) is 10.2. The molecule has 1 aromatic rings. The molecular weight excluding hydrogens is 270 g/mol. The van der Waals surface area contributed by atoms with Crippen LogP contribution in [0.25, 0.3) is 0 Å². The number of hydrogen-bond donors (Lipinski definition) is 1. The number of rotatable bonds is 8. The van der Waals surface area contributed by atoms with Crippen LogP contribution in [0.5, 0.6) is 0 Å². The lowest BCUT2D eigenvalue weighted by atomic mass is 10.1. The molecule has 0 saturated carbocycles. The molecule has 0 radical (unpaired) electrons. The van der Waals surface area contributed by atoms with Crippen LogP contribution in [-0.2, 0) is 22.6 Å². The number of ether oxygens (including phenoxy) is 1. The van der Waals surface area contributed by atoms with Crippen molar-refractivity contribution < 1.29 is 14.6 Å². The summed E-state index contributed by atoms with van der Waals surface area (Å²) in [5, 5.41) is 8.60. The van der Waals surface area contributed by atoms with E-state index >= 15 is 0 Å². The molecule has 0 aromatic carbocycles. The topological polar surface area (TPSA) is 67.6 Å². The summed E-state index contributed by atoms with van der Waals surface area (Å²) < 4.78 is 7.83. The van der Waals surface area contributed by atoms with Gasteiger partial charge >= 0.3 is 5.97 Å². The van der Waals surface area contributed by atoms with Gasteiger partial charge in [-0.2, -0.15) is 0 Å². The number of carboxylic acids is 1. The molecule has 2 heterocycles. The Morgan fingerprint density at radius 3 is 2.90 bits per heavy atom. The maximum absolute atomic E-state index is 10.5. The zero-order valence-electron chi connectivity index (χ0n) is 12.7. The lowest BCUT2D eigenvalue weighted by molar-refractivity contribution is -0.138. The largest absolute Gasteiger partial charge is 0.481 e. The van der Waals surface area contributed by atoms with Crippen molar-refractivity contribution in [2.75, 3.05) is 19.7 Å². The zero-order valence-corrected chi connectivity index (χ0v) is 12.7. The number of carbonyl (C=O) groups is 1. The highest BCUT2D eigenvalue weighted by Crippen LogP contribution is 2.16. The summed E-state index contributed by atoms with van der Waals surface area (Å²) in [6, 6.07) is 0. The maximum Gasteiger partial charge on any atom is 0.305 e. The van der Waals surface area contributed by atoms with Crippen molar-refractivity contribution in [1.29, 1.82) is 0 Å². The monoisotopic (exact) mass is 295 g/mol. The number of imidazole rings is 1. The SMILES string of the molecule is CCCn1cncc1CN1CCC(OCCC(=O)O)CC1. The first kappa shape index (κ1) is 16.0. The van der Waals surface area contributed by atoms with Gasteiger partial charge in [0.25, 0.3) is 0 Å². The molecule has 6 nitrogen and oxygen atoms in total. The molecule has 1 aliphatic heterocycles. The zero-order chi connectivity index (χ0) is 15.1. The molecule has 1 saturated heterocycles. The van der Waals surface area contributed by atoms with Crippen LogP contribution in [0, 0.1) is 0 Å². The Hall–Kier alpha value is -1.40. The Labute approximate surface area is 125 Å². The summed E-state index contributed by atoms with van der Waals surface area (Å²) in [6.07, 6.45) is 7.22. The molecule has 0 bridgehead atoms. The van der Waals surface area contributed by atoms with Crippen molar-refractivity contribution in [3.05, 3.63) is 18.2 Å². The smallest absolute Gasteiger partial charge is 0.305 e. The first-order valence-corrected chi connectivity index (χ1v) is 7.73. The van der Waals surface area contributed by atoms with E-state index in [-0.39, 0.29) is 12.5 Å². The van der Waals surface area contributed by atoms with Gasteiger partial charge in [0.2, 0.25) is 0 Å². The Morgan fingerprint density at radius 1 is 1.48 bits per heavy atom. The van der Waals surface area contributed by atoms with Crippen LogP contribution in [0.15, 0.2) is 12.5 Å². The summed E-state index contributed by atoms with van der Waals surface area (Å²) >= 11 is 0. The van der Waals surface area contributed by atoms with E-state index in [1.54, 1.807) is 0 Å². The highest BCUT2D eigenvalue weighted by Gasteiger charge is 2.20. The van der Waals surface area contributed by atoms with Gasteiger partial charge in [-0.25, -0.2) is 4.98 Å². The van der Waals surface area contributed by atoms with Crippen molar-refractivity contribution in [3.8, 4) is 0 Å². The molecule has 1 aliphatic rings. The maximum atomic E-state index is 10.5. The highest BCUT2D eigenvalue weighted by atomic mass is 16.5. The van der Waals surface area contributed by atoms with Crippen LogP contribution in [0.3, 0.4) is 0 Å². The molecule has 21 heavy (non-hydrogen) atoms. The standard InChI is InChI=1S/C15H25N3O3/c1-2-6-18-12-16-10-13(18)11-17-7-3-14(4-8-17)21-9-5-15(19)20/h10,12,14H,2-9,11H2,1H3,(H,19,20). The minimum Gasteiger partial charge on any atom is -0.481 e. The van der Waals surface area contributed by atoms with Crippen molar-refractivity contribution in [2.24, 2.45) is 0 Å². The van der Waals surface area contributed by atoms with Crippen LogP contribution >= 0.6 is 0 Å². The Kier molecular flexibility index (Phi) is 6.20. The molecule has 0 unspecified atom stereocenters. The van der Waals surface area contributed by atoms with Gasteiger partial charge < -0.3 is 14.4 Å². The van der Waals surface area contributed by atoms with Crippen LogP contribution in [0.1, 0.15) is 38.3 Å². The number of nitrogens with zero attached hydrogens (tertiary/aromatic N) is 3. The third-order valence-corrected chi connectivity index (χ3v) is 3.85. The second-order valence-corrected chi connectivity index (χ2v) is 5.57. The van der Waals surface area contributed by atoms with Crippen molar-refractivity contribution in [3.63, 3.8) is 0 Å². The van der Waals surface area contributed by atoms with Gasteiger partial charge in [0.05, 0.1) is 31.2 Å². The van der Waals surface area contributed by atoms with E-state index in [2.05, 4.69) is 21.4 Å². The average molecular weight is 295 g/mol. The second kappa shape index (κ2) is 8.14. The van der Waals surface area contributed by atoms with Crippen molar-refractivity contribution in [1.82, 2.24) is 14.5 Å². The fraction of sp³-hybridized carbons (Fsp3) is 0.733. The molecular formula is C15H25N3O3. The number of aromatic nitrogens is 2. The molecule has 1 aromatic heterocycles. The van der Waals surface area contributed by atoms with Crippen LogP contribution in [0.4, 0.5) is 0 Å². The molecule has 0 atom stereocenters. The Bertz CT molecular complexity index is 439. The summed E-state index contributed by atoms with van der Waals surface area (Å²) in [5.41, 5.74) is 1.27. The quantitative estimate of drug-likeness (QED) is 0.791. The van der Waals surface area contributed by atoms with E-state index in [0.717, 1.165) is 45.4 Å². The summed E-state index contributed by atoms with van der Waals surface area (Å²) in [7, 11) is 0. The van der Waals surface area contributed by atoms with Crippen LogP contribution in [0.2, 0.25) is 0 Å².